The fourth-order valence-electron chi connectivity index (χ4n) is 2.46. The molecular weight excluding hydrogens is 266 g/mol. The molecule has 1 aromatic heterocycles. The van der Waals surface area contributed by atoms with Gasteiger partial charge < -0.3 is 4.42 Å². The topological polar surface area (TPSA) is 67.6 Å². The van der Waals surface area contributed by atoms with Crippen molar-refractivity contribution in [2.24, 2.45) is 5.92 Å². The largest absolute Gasteiger partial charge is 0.469 e. The van der Waals surface area contributed by atoms with E-state index in [0.717, 1.165) is 12.8 Å². The first kappa shape index (κ1) is 14.3. The van der Waals surface area contributed by atoms with Gasteiger partial charge in [-0.1, -0.05) is 0 Å². The highest BCUT2D eigenvalue weighted by Crippen LogP contribution is 2.23. The summed E-state index contributed by atoms with van der Waals surface area (Å²) in [5.74, 6) is 0.841. The van der Waals surface area contributed by atoms with E-state index in [0.29, 0.717) is 30.8 Å². The first-order valence-corrected chi connectivity index (χ1v) is 8.24. The van der Waals surface area contributed by atoms with Crippen LogP contribution in [0.1, 0.15) is 35.4 Å². The van der Waals surface area contributed by atoms with Crippen LogP contribution in [0.25, 0.3) is 0 Å². The Bertz CT molecular complexity index is 561. The smallest absolute Gasteiger partial charge is 0.211 e. The van der Waals surface area contributed by atoms with Crippen molar-refractivity contribution in [2.45, 2.75) is 26.2 Å². The molecule has 0 aliphatic carbocycles. The number of furan rings is 1. The van der Waals surface area contributed by atoms with Gasteiger partial charge in [-0.25, -0.2) is 12.7 Å². The number of carbonyl (C=O) groups is 1. The van der Waals surface area contributed by atoms with Gasteiger partial charge in [-0.15, -0.1) is 0 Å². The third kappa shape index (κ3) is 3.67. The van der Waals surface area contributed by atoms with Crippen LogP contribution in [-0.4, -0.2) is 37.9 Å². The average molecular weight is 285 g/mol. The van der Waals surface area contributed by atoms with E-state index in [1.165, 1.54) is 16.8 Å². The predicted molar refractivity (Wildman–Crippen MR) is 71.5 cm³/mol. The Morgan fingerprint density at radius 2 is 2.26 bits per heavy atom. The summed E-state index contributed by atoms with van der Waals surface area (Å²) >= 11 is 0. The van der Waals surface area contributed by atoms with Crippen LogP contribution in [0, 0.1) is 12.8 Å². The molecule has 0 N–H and O–H groups in total. The molecule has 1 fully saturated rings. The van der Waals surface area contributed by atoms with Gasteiger partial charge in [0.1, 0.15) is 12.0 Å². The van der Waals surface area contributed by atoms with Crippen LogP contribution in [0.4, 0.5) is 0 Å². The minimum absolute atomic E-state index is 0.0252. The highest BCUT2D eigenvalue weighted by Gasteiger charge is 2.27. The first-order chi connectivity index (χ1) is 8.86. The minimum atomic E-state index is -3.15. The molecule has 1 aliphatic heterocycles. The van der Waals surface area contributed by atoms with Gasteiger partial charge in [-0.05, 0) is 31.7 Å². The molecule has 19 heavy (non-hydrogen) atoms. The molecule has 2 rings (SSSR count). The zero-order valence-electron chi connectivity index (χ0n) is 11.3. The Balaban J connectivity index is 1.98. The fourth-order valence-corrected chi connectivity index (χ4v) is 3.41. The summed E-state index contributed by atoms with van der Waals surface area (Å²) in [6.45, 7) is 2.80. The lowest BCUT2D eigenvalue weighted by atomic mass is 9.92. The Hall–Kier alpha value is -1.14. The lowest BCUT2D eigenvalue weighted by Gasteiger charge is -2.30. The van der Waals surface area contributed by atoms with Gasteiger partial charge in [0.25, 0.3) is 0 Å². The second-order valence-electron chi connectivity index (χ2n) is 5.20. The number of hydrogen-bond donors (Lipinski definition) is 0. The molecule has 0 saturated carbocycles. The first-order valence-electron chi connectivity index (χ1n) is 6.39. The van der Waals surface area contributed by atoms with Crippen molar-refractivity contribution in [3.63, 3.8) is 0 Å². The maximum Gasteiger partial charge on any atom is 0.211 e. The molecule has 5 nitrogen and oxygen atoms in total. The van der Waals surface area contributed by atoms with Crippen LogP contribution < -0.4 is 0 Å². The molecular formula is C13H19NO4S. The van der Waals surface area contributed by atoms with Crippen molar-refractivity contribution < 1.29 is 17.6 Å². The van der Waals surface area contributed by atoms with Gasteiger partial charge in [-0.2, -0.15) is 0 Å². The number of sulfonamides is 1. The maximum absolute atomic E-state index is 12.1. The minimum Gasteiger partial charge on any atom is -0.469 e. The quantitative estimate of drug-likeness (QED) is 0.792. The number of piperidine rings is 1. The summed E-state index contributed by atoms with van der Waals surface area (Å²) in [5, 5.41) is 0. The standard InChI is InChI=1S/C13H19NO4S/c1-10-6-12(9-18-10)13(15)7-11-4-3-5-14(8-11)19(2,16)17/h6,9,11H,3-5,7-8H2,1-2H3. The third-order valence-electron chi connectivity index (χ3n) is 3.48. The van der Waals surface area contributed by atoms with E-state index in [-0.39, 0.29) is 11.7 Å². The average Bonchev–Trinajstić information content (AvgIpc) is 2.75. The summed E-state index contributed by atoms with van der Waals surface area (Å²) in [4.78, 5) is 12.1. The predicted octanol–water partition coefficient (Wildman–Crippen LogP) is 1.83. The van der Waals surface area contributed by atoms with Gasteiger partial charge in [-0.3, -0.25) is 4.79 Å². The van der Waals surface area contributed by atoms with Crippen LogP contribution in [0.3, 0.4) is 0 Å². The van der Waals surface area contributed by atoms with E-state index in [4.69, 9.17) is 4.42 Å². The molecule has 1 aliphatic rings. The molecule has 1 atom stereocenters. The SMILES string of the molecule is Cc1cc(C(=O)CC2CCCN(S(C)(=O)=O)C2)co1. The van der Waals surface area contributed by atoms with Crippen LogP contribution in [0.15, 0.2) is 16.7 Å². The van der Waals surface area contributed by atoms with Crippen LogP contribution >= 0.6 is 0 Å². The van der Waals surface area contributed by atoms with Gasteiger partial charge in [0.15, 0.2) is 5.78 Å². The lowest BCUT2D eigenvalue weighted by Crippen LogP contribution is -2.39. The molecule has 1 unspecified atom stereocenters. The Labute approximate surface area is 113 Å². The molecule has 106 valence electrons. The van der Waals surface area contributed by atoms with Crippen molar-refractivity contribution in [1.82, 2.24) is 4.31 Å². The van der Waals surface area contributed by atoms with Crippen LogP contribution in [-0.2, 0) is 10.0 Å². The van der Waals surface area contributed by atoms with Crippen molar-refractivity contribution in [3.8, 4) is 0 Å². The number of rotatable bonds is 4. The Morgan fingerprint density at radius 1 is 1.53 bits per heavy atom. The summed E-state index contributed by atoms with van der Waals surface area (Å²) in [5.41, 5.74) is 0.578. The molecule has 0 spiro atoms. The Kier molecular flexibility index (Phi) is 4.10. The molecule has 1 saturated heterocycles. The fraction of sp³-hybridized carbons (Fsp3) is 0.615. The normalized spacial score (nSPS) is 21.5. The number of Topliss-reactive ketones (excluding diaryl/α,β-unsaturated/α-hetero) is 1. The van der Waals surface area contributed by atoms with E-state index in [1.807, 2.05) is 0 Å². The summed E-state index contributed by atoms with van der Waals surface area (Å²) in [6.07, 6.45) is 4.78. The molecule has 2 heterocycles. The zero-order chi connectivity index (χ0) is 14.0. The second-order valence-corrected chi connectivity index (χ2v) is 7.19. The highest BCUT2D eigenvalue weighted by atomic mass is 32.2. The van der Waals surface area contributed by atoms with Gasteiger partial charge in [0.2, 0.25) is 10.0 Å². The molecule has 0 amide bonds. The van der Waals surface area contributed by atoms with Crippen LogP contribution in [0.5, 0.6) is 0 Å². The molecule has 1 aromatic rings. The monoisotopic (exact) mass is 285 g/mol. The number of hydrogen-bond acceptors (Lipinski definition) is 4. The summed E-state index contributed by atoms with van der Waals surface area (Å²) < 4.78 is 29.6. The van der Waals surface area contributed by atoms with E-state index in [2.05, 4.69) is 0 Å². The number of aryl methyl sites for hydroxylation is 1. The van der Waals surface area contributed by atoms with Gasteiger partial charge in [0, 0.05) is 19.5 Å². The van der Waals surface area contributed by atoms with E-state index in [9.17, 15) is 13.2 Å². The van der Waals surface area contributed by atoms with E-state index >= 15 is 0 Å². The molecule has 0 bridgehead atoms. The maximum atomic E-state index is 12.1. The third-order valence-corrected chi connectivity index (χ3v) is 4.75. The van der Waals surface area contributed by atoms with Crippen molar-refractivity contribution in [1.29, 1.82) is 0 Å². The van der Waals surface area contributed by atoms with Crippen molar-refractivity contribution in [2.75, 3.05) is 19.3 Å². The highest BCUT2D eigenvalue weighted by molar-refractivity contribution is 7.88. The number of ketones is 1. The second kappa shape index (κ2) is 5.46. The van der Waals surface area contributed by atoms with E-state index < -0.39 is 10.0 Å². The van der Waals surface area contributed by atoms with Gasteiger partial charge >= 0.3 is 0 Å². The lowest BCUT2D eigenvalue weighted by molar-refractivity contribution is 0.0942. The Morgan fingerprint density at radius 3 is 2.84 bits per heavy atom. The molecule has 6 heteroatoms. The van der Waals surface area contributed by atoms with E-state index in [1.54, 1.807) is 13.0 Å². The van der Waals surface area contributed by atoms with Crippen molar-refractivity contribution >= 4 is 15.8 Å². The summed E-state index contributed by atoms with van der Waals surface area (Å²) in [7, 11) is -3.15. The number of nitrogens with zero attached hydrogens (tertiary/aromatic N) is 1. The molecule has 0 aromatic carbocycles. The van der Waals surface area contributed by atoms with Gasteiger partial charge in [0.05, 0.1) is 11.8 Å². The number of carbonyl (C=O) groups excluding carboxylic acids is 1. The summed E-state index contributed by atoms with van der Waals surface area (Å²) in [6, 6.07) is 1.72. The molecule has 0 radical (unpaired) electrons. The van der Waals surface area contributed by atoms with Crippen molar-refractivity contribution in [3.05, 3.63) is 23.7 Å². The van der Waals surface area contributed by atoms with Crippen LogP contribution in [0.2, 0.25) is 0 Å². The zero-order valence-corrected chi connectivity index (χ0v) is 12.1.